The summed E-state index contributed by atoms with van der Waals surface area (Å²) in [4.78, 5) is 24.1. The highest BCUT2D eigenvalue weighted by molar-refractivity contribution is 5.77. The monoisotopic (exact) mass is 293 g/mol. The van der Waals surface area contributed by atoms with E-state index in [0.29, 0.717) is 5.75 Å². The molecule has 1 fully saturated rings. The summed E-state index contributed by atoms with van der Waals surface area (Å²) in [6.45, 7) is 1.88. The maximum atomic E-state index is 11.8. The molecule has 0 aliphatic carbocycles. The molecule has 1 amide bonds. The van der Waals surface area contributed by atoms with Gasteiger partial charge in [-0.15, -0.1) is 0 Å². The van der Waals surface area contributed by atoms with Gasteiger partial charge in [0, 0.05) is 18.2 Å². The average molecular weight is 293 g/mol. The molecule has 0 spiro atoms. The van der Waals surface area contributed by atoms with E-state index in [4.69, 9.17) is 4.74 Å². The smallest absolute Gasteiger partial charge is 0.269 e. The molecule has 7 heteroatoms. The molecule has 0 atom stereocenters. The minimum absolute atomic E-state index is 0.00173. The lowest BCUT2D eigenvalue weighted by atomic mass is 10.1. The van der Waals surface area contributed by atoms with Crippen LogP contribution in [0.1, 0.15) is 12.8 Å². The minimum Gasteiger partial charge on any atom is -0.484 e. The Morgan fingerprint density at radius 1 is 1.38 bits per heavy atom. The van der Waals surface area contributed by atoms with Crippen molar-refractivity contribution in [3.05, 3.63) is 34.4 Å². The molecule has 1 N–H and O–H groups in total. The number of non-ortho nitro benzene ring substituents is 1. The van der Waals surface area contributed by atoms with Gasteiger partial charge in [-0.1, -0.05) is 0 Å². The molecule has 2 rings (SSSR count). The zero-order valence-corrected chi connectivity index (χ0v) is 11.9. The normalized spacial score (nSPS) is 16.4. The van der Waals surface area contributed by atoms with Crippen molar-refractivity contribution in [3.8, 4) is 5.75 Å². The van der Waals surface area contributed by atoms with Crippen molar-refractivity contribution < 1.29 is 14.5 Å². The standard InChI is InChI=1S/C14H19N3O4/c1-16-8-6-11(7-9-16)15-14(18)10-21-13-4-2-12(3-5-13)17(19)20/h2-5,11H,6-10H2,1H3,(H,15,18). The predicted molar refractivity (Wildman–Crippen MR) is 77.3 cm³/mol. The van der Waals surface area contributed by atoms with Gasteiger partial charge >= 0.3 is 0 Å². The fourth-order valence-corrected chi connectivity index (χ4v) is 2.24. The molecule has 0 bridgehead atoms. The number of nitro groups is 1. The third-order valence-corrected chi connectivity index (χ3v) is 3.50. The first kappa shape index (κ1) is 15.2. The van der Waals surface area contributed by atoms with Gasteiger partial charge in [0.25, 0.3) is 11.6 Å². The largest absolute Gasteiger partial charge is 0.484 e. The lowest BCUT2D eigenvalue weighted by Crippen LogP contribution is -2.44. The molecular weight excluding hydrogens is 274 g/mol. The molecule has 1 heterocycles. The zero-order valence-electron chi connectivity index (χ0n) is 11.9. The van der Waals surface area contributed by atoms with E-state index in [1.54, 1.807) is 0 Å². The van der Waals surface area contributed by atoms with Crippen LogP contribution in [0.3, 0.4) is 0 Å². The number of carbonyl (C=O) groups is 1. The molecule has 1 aromatic rings. The van der Waals surface area contributed by atoms with Crippen molar-refractivity contribution in [2.75, 3.05) is 26.7 Å². The lowest BCUT2D eigenvalue weighted by molar-refractivity contribution is -0.384. The van der Waals surface area contributed by atoms with Crippen LogP contribution >= 0.6 is 0 Å². The second kappa shape index (κ2) is 7.03. The van der Waals surface area contributed by atoms with Gasteiger partial charge in [-0.25, -0.2) is 0 Å². The highest BCUT2D eigenvalue weighted by Gasteiger charge is 2.18. The minimum atomic E-state index is -0.476. The molecular formula is C14H19N3O4. The number of nitro benzene ring substituents is 1. The van der Waals surface area contributed by atoms with Crippen LogP contribution in [0.25, 0.3) is 0 Å². The van der Waals surface area contributed by atoms with Crippen LogP contribution < -0.4 is 10.1 Å². The Bertz CT molecular complexity index is 495. The van der Waals surface area contributed by atoms with Crippen LogP contribution in [0.2, 0.25) is 0 Å². The summed E-state index contributed by atoms with van der Waals surface area (Å²) in [5, 5.41) is 13.5. The first-order valence-corrected chi connectivity index (χ1v) is 6.90. The Hall–Kier alpha value is -2.15. The summed E-state index contributed by atoms with van der Waals surface area (Å²) in [5.41, 5.74) is -0.00173. The molecule has 1 aliphatic heterocycles. The van der Waals surface area contributed by atoms with Crippen LogP contribution in [-0.2, 0) is 4.79 Å². The van der Waals surface area contributed by atoms with E-state index in [9.17, 15) is 14.9 Å². The number of hydrogen-bond donors (Lipinski definition) is 1. The molecule has 1 aromatic carbocycles. The summed E-state index contributed by atoms with van der Waals surface area (Å²) in [6, 6.07) is 5.88. The van der Waals surface area contributed by atoms with Gasteiger partial charge in [0.05, 0.1) is 4.92 Å². The Morgan fingerprint density at radius 3 is 2.57 bits per heavy atom. The SMILES string of the molecule is CN1CCC(NC(=O)COc2ccc([N+](=O)[O-])cc2)CC1. The van der Waals surface area contributed by atoms with E-state index in [-0.39, 0.29) is 24.2 Å². The number of rotatable bonds is 5. The highest BCUT2D eigenvalue weighted by Crippen LogP contribution is 2.17. The second-order valence-electron chi connectivity index (χ2n) is 5.18. The van der Waals surface area contributed by atoms with E-state index in [0.717, 1.165) is 25.9 Å². The summed E-state index contributed by atoms with van der Waals surface area (Å²) >= 11 is 0. The summed E-state index contributed by atoms with van der Waals surface area (Å²) in [6.07, 6.45) is 1.89. The first-order chi connectivity index (χ1) is 10.0. The average Bonchev–Trinajstić information content (AvgIpc) is 2.48. The Labute approximate surface area is 123 Å². The van der Waals surface area contributed by atoms with E-state index >= 15 is 0 Å². The Balaban J connectivity index is 1.74. The van der Waals surface area contributed by atoms with Gasteiger partial charge in [-0.3, -0.25) is 14.9 Å². The maximum Gasteiger partial charge on any atom is 0.269 e. The fourth-order valence-electron chi connectivity index (χ4n) is 2.24. The molecule has 114 valence electrons. The molecule has 7 nitrogen and oxygen atoms in total. The van der Waals surface area contributed by atoms with E-state index in [1.807, 2.05) is 0 Å². The number of nitrogens with zero attached hydrogens (tertiary/aromatic N) is 2. The number of likely N-dealkylation sites (tertiary alicyclic amines) is 1. The molecule has 0 aromatic heterocycles. The second-order valence-corrected chi connectivity index (χ2v) is 5.18. The number of hydrogen-bond acceptors (Lipinski definition) is 5. The maximum absolute atomic E-state index is 11.8. The van der Waals surface area contributed by atoms with Crippen molar-refractivity contribution in [2.24, 2.45) is 0 Å². The molecule has 0 saturated carbocycles. The van der Waals surface area contributed by atoms with Gasteiger partial charge in [0.2, 0.25) is 0 Å². The van der Waals surface area contributed by atoms with Crippen LogP contribution in [-0.4, -0.2) is 48.5 Å². The number of piperidine rings is 1. The number of benzene rings is 1. The van der Waals surface area contributed by atoms with Crippen LogP contribution in [0.4, 0.5) is 5.69 Å². The number of nitrogens with one attached hydrogen (secondary N) is 1. The fraction of sp³-hybridized carbons (Fsp3) is 0.500. The molecule has 1 saturated heterocycles. The number of amides is 1. The van der Waals surface area contributed by atoms with Gasteiger partial charge in [0.15, 0.2) is 6.61 Å². The van der Waals surface area contributed by atoms with Crippen molar-refractivity contribution in [3.63, 3.8) is 0 Å². The van der Waals surface area contributed by atoms with Crippen molar-refractivity contribution >= 4 is 11.6 Å². The quantitative estimate of drug-likeness (QED) is 0.651. The highest BCUT2D eigenvalue weighted by atomic mass is 16.6. The molecule has 0 unspecified atom stereocenters. The third kappa shape index (κ3) is 4.71. The van der Waals surface area contributed by atoms with Crippen LogP contribution in [0, 0.1) is 10.1 Å². The topological polar surface area (TPSA) is 84.7 Å². The summed E-state index contributed by atoms with van der Waals surface area (Å²) < 4.78 is 5.32. The predicted octanol–water partition coefficient (Wildman–Crippen LogP) is 1.18. The van der Waals surface area contributed by atoms with Gasteiger partial charge < -0.3 is 15.0 Å². The van der Waals surface area contributed by atoms with Crippen LogP contribution in [0.15, 0.2) is 24.3 Å². The summed E-state index contributed by atoms with van der Waals surface area (Å²) in [5.74, 6) is 0.280. The van der Waals surface area contributed by atoms with Crippen molar-refractivity contribution in [1.82, 2.24) is 10.2 Å². The lowest BCUT2D eigenvalue weighted by Gasteiger charge is -2.29. The summed E-state index contributed by atoms with van der Waals surface area (Å²) in [7, 11) is 2.07. The van der Waals surface area contributed by atoms with E-state index in [2.05, 4.69) is 17.3 Å². The first-order valence-electron chi connectivity index (χ1n) is 6.90. The van der Waals surface area contributed by atoms with Gasteiger partial charge in [-0.2, -0.15) is 0 Å². The van der Waals surface area contributed by atoms with Crippen molar-refractivity contribution in [1.29, 1.82) is 0 Å². The Morgan fingerprint density at radius 2 is 2.00 bits per heavy atom. The third-order valence-electron chi connectivity index (χ3n) is 3.50. The van der Waals surface area contributed by atoms with Gasteiger partial charge in [0.1, 0.15) is 5.75 Å². The number of ether oxygens (including phenoxy) is 1. The number of carbonyl (C=O) groups excluding carboxylic acids is 1. The molecule has 21 heavy (non-hydrogen) atoms. The zero-order chi connectivity index (χ0) is 15.2. The molecule has 1 aliphatic rings. The van der Waals surface area contributed by atoms with Gasteiger partial charge in [-0.05, 0) is 45.1 Å². The van der Waals surface area contributed by atoms with Crippen molar-refractivity contribution in [2.45, 2.75) is 18.9 Å². The Kier molecular flexibility index (Phi) is 5.10. The van der Waals surface area contributed by atoms with E-state index in [1.165, 1.54) is 24.3 Å². The van der Waals surface area contributed by atoms with E-state index < -0.39 is 4.92 Å². The molecule has 0 radical (unpaired) electrons. The van der Waals surface area contributed by atoms with Crippen LogP contribution in [0.5, 0.6) is 5.75 Å².